The van der Waals surface area contributed by atoms with Crippen molar-refractivity contribution in [3.8, 4) is 0 Å². The minimum atomic E-state index is -0.233. The van der Waals surface area contributed by atoms with E-state index in [0.29, 0.717) is 6.61 Å². The van der Waals surface area contributed by atoms with E-state index in [-0.39, 0.29) is 18.2 Å². The van der Waals surface area contributed by atoms with Gasteiger partial charge in [0, 0.05) is 18.9 Å². The molecule has 0 amide bonds. The summed E-state index contributed by atoms with van der Waals surface area (Å²) in [7, 11) is 0. The molecule has 2 rings (SSSR count). The Labute approximate surface area is 127 Å². The highest BCUT2D eigenvalue weighted by Crippen LogP contribution is 2.19. The maximum Gasteiger partial charge on any atom is 0.330 e. The molecule has 1 heterocycles. The Morgan fingerprint density at radius 1 is 1.33 bits per heavy atom. The molecular formula is C18H24O3. The molecule has 3 heteroatoms. The number of benzene rings is 1. The molecule has 1 aromatic carbocycles. The number of ether oxygens (including phenoxy) is 2. The van der Waals surface area contributed by atoms with Crippen molar-refractivity contribution in [2.45, 2.75) is 57.8 Å². The van der Waals surface area contributed by atoms with Crippen LogP contribution in [0.5, 0.6) is 0 Å². The standard InChI is InChI=1S/C18H24O3/c1-2-3-10-16(13-17-11-7-12-18(19)21-17)20-14-15-8-5-4-6-9-15/h4-9,12,16-17H,2-3,10-11,13-14H2,1H3/t16-,17-/m1/s1. The SMILES string of the molecule is CCCC[C@H](C[C@H]1CC=CC(=O)O1)OCc1ccccc1. The quantitative estimate of drug-likeness (QED) is 0.678. The van der Waals surface area contributed by atoms with Crippen LogP contribution in [0.15, 0.2) is 42.5 Å². The van der Waals surface area contributed by atoms with Crippen molar-refractivity contribution in [2.75, 3.05) is 0 Å². The molecule has 1 aromatic rings. The van der Waals surface area contributed by atoms with Crippen molar-refractivity contribution in [3.63, 3.8) is 0 Å². The monoisotopic (exact) mass is 288 g/mol. The molecular weight excluding hydrogens is 264 g/mol. The smallest absolute Gasteiger partial charge is 0.330 e. The minimum absolute atomic E-state index is 0.0415. The summed E-state index contributed by atoms with van der Waals surface area (Å²) in [6, 6.07) is 10.2. The van der Waals surface area contributed by atoms with E-state index in [2.05, 4.69) is 19.1 Å². The molecule has 114 valence electrons. The van der Waals surface area contributed by atoms with E-state index in [4.69, 9.17) is 9.47 Å². The minimum Gasteiger partial charge on any atom is -0.459 e. The predicted octanol–water partition coefficient (Wildman–Crippen LogP) is 4.02. The van der Waals surface area contributed by atoms with E-state index in [1.165, 1.54) is 11.6 Å². The van der Waals surface area contributed by atoms with Crippen LogP contribution in [-0.2, 0) is 20.9 Å². The van der Waals surface area contributed by atoms with Crippen molar-refractivity contribution in [1.82, 2.24) is 0 Å². The lowest BCUT2D eigenvalue weighted by molar-refractivity contribution is -0.146. The molecule has 0 spiro atoms. The first kappa shape index (κ1) is 15.8. The van der Waals surface area contributed by atoms with Gasteiger partial charge in [0.15, 0.2) is 0 Å². The lowest BCUT2D eigenvalue weighted by Gasteiger charge is -2.24. The van der Waals surface area contributed by atoms with Gasteiger partial charge in [0.05, 0.1) is 12.7 Å². The Balaban J connectivity index is 1.85. The van der Waals surface area contributed by atoms with Gasteiger partial charge in [-0.1, -0.05) is 56.2 Å². The van der Waals surface area contributed by atoms with Crippen LogP contribution in [0.3, 0.4) is 0 Å². The molecule has 1 aliphatic rings. The molecule has 0 radical (unpaired) electrons. The largest absolute Gasteiger partial charge is 0.459 e. The molecule has 0 fully saturated rings. The molecule has 0 aliphatic carbocycles. The van der Waals surface area contributed by atoms with Gasteiger partial charge in [0.2, 0.25) is 0 Å². The fourth-order valence-corrected chi connectivity index (χ4v) is 2.49. The van der Waals surface area contributed by atoms with Crippen LogP contribution < -0.4 is 0 Å². The third kappa shape index (κ3) is 5.72. The zero-order valence-electron chi connectivity index (χ0n) is 12.7. The number of hydrogen-bond acceptors (Lipinski definition) is 3. The molecule has 0 saturated heterocycles. The van der Waals surface area contributed by atoms with Crippen LogP contribution in [0.4, 0.5) is 0 Å². The topological polar surface area (TPSA) is 35.5 Å². The number of cyclic esters (lactones) is 1. The Morgan fingerprint density at radius 2 is 2.14 bits per heavy atom. The summed E-state index contributed by atoms with van der Waals surface area (Å²) in [5.74, 6) is -0.233. The molecule has 21 heavy (non-hydrogen) atoms. The van der Waals surface area contributed by atoms with Crippen LogP contribution >= 0.6 is 0 Å². The Kier molecular flexibility index (Phi) is 6.48. The molecule has 2 atom stereocenters. The summed E-state index contributed by atoms with van der Waals surface area (Å²) in [6.07, 6.45) is 8.38. The van der Waals surface area contributed by atoms with E-state index >= 15 is 0 Å². The van der Waals surface area contributed by atoms with E-state index in [0.717, 1.165) is 32.1 Å². The Bertz CT molecular complexity index is 453. The van der Waals surface area contributed by atoms with Crippen molar-refractivity contribution >= 4 is 5.97 Å². The average molecular weight is 288 g/mol. The average Bonchev–Trinajstić information content (AvgIpc) is 2.51. The third-order valence-electron chi connectivity index (χ3n) is 3.67. The Morgan fingerprint density at radius 3 is 2.86 bits per heavy atom. The van der Waals surface area contributed by atoms with Gasteiger partial charge in [-0.2, -0.15) is 0 Å². The van der Waals surface area contributed by atoms with Crippen LogP contribution in [0.25, 0.3) is 0 Å². The lowest BCUT2D eigenvalue weighted by atomic mass is 10.0. The first-order valence-electron chi connectivity index (χ1n) is 7.80. The molecule has 0 bridgehead atoms. The highest BCUT2D eigenvalue weighted by molar-refractivity contribution is 5.82. The number of carbonyl (C=O) groups is 1. The number of esters is 1. The van der Waals surface area contributed by atoms with Crippen LogP contribution in [-0.4, -0.2) is 18.2 Å². The second-order valence-corrected chi connectivity index (χ2v) is 5.49. The van der Waals surface area contributed by atoms with Crippen molar-refractivity contribution in [3.05, 3.63) is 48.0 Å². The third-order valence-corrected chi connectivity index (χ3v) is 3.67. The number of hydrogen-bond donors (Lipinski definition) is 0. The normalized spacial score (nSPS) is 19.3. The van der Waals surface area contributed by atoms with Crippen LogP contribution in [0.2, 0.25) is 0 Å². The molecule has 1 aliphatic heterocycles. The summed E-state index contributed by atoms with van der Waals surface area (Å²) in [5, 5.41) is 0. The zero-order chi connectivity index (χ0) is 14.9. The highest BCUT2D eigenvalue weighted by atomic mass is 16.5. The molecule has 0 unspecified atom stereocenters. The lowest BCUT2D eigenvalue weighted by Crippen LogP contribution is -2.26. The van der Waals surface area contributed by atoms with Gasteiger partial charge >= 0.3 is 5.97 Å². The van der Waals surface area contributed by atoms with Gasteiger partial charge in [-0.25, -0.2) is 4.79 Å². The zero-order valence-corrected chi connectivity index (χ0v) is 12.7. The summed E-state index contributed by atoms with van der Waals surface area (Å²) in [5.41, 5.74) is 1.18. The number of carbonyl (C=O) groups excluding carboxylic acids is 1. The summed E-state index contributed by atoms with van der Waals surface area (Å²) in [6.45, 7) is 2.79. The van der Waals surface area contributed by atoms with Crippen molar-refractivity contribution in [1.29, 1.82) is 0 Å². The summed E-state index contributed by atoms with van der Waals surface area (Å²) < 4.78 is 11.4. The van der Waals surface area contributed by atoms with Gasteiger partial charge in [-0.05, 0) is 12.0 Å². The number of rotatable bonds is 8. The maximum atomic E-state index is 11.3. The first-order valence-corrected chi connectivity index (χ1v) is 7.80. The van der Waals surface area contributed by atoms with Gasteiger partial charge < -0.3 is 9.47 Å². The van der Waals surface area contributed by atoms with E-state index in [1.807, 2.05) is 24.3 Å². The summed E-state index contributed by atoms with van der Waals surface area (Å²) >= 11 is 0. The van der Waals surface area contributed by atoms with E-state index in [1.54, 1.807) is 0 Å². The van der Waals surface area contributed by atoms with Crippen LogP contribution in [0.1, 0.15) is 44.6 Å². The second-order valence-electron chi connectivity index (χ2n) is 5.49. The van der Waals surface area contributed by atoms with Crippen molar-refractivity contribution < 1.29 is 14.3 Å². The van der Waals surface area contributed by atoms with Gasteiger partial charge in [0.1, 0.15) is 6.10 Å². The first-order chi connectivity index (χ1) is 10.3. The van der Waals surface area contributed by atoms with E-state index in [9.17, 15) is 4.79 Å². The fraction of sp³-hybridized carbons (Fsp3) is 0.500. The molecule has 0 N–H and O–H groups in total. The van der Waals surface area contributed by atoms with Gasteiger partial charge in [0.25, 0.3) is 0 Å². The molecule has 3 nitrogen and oxygen atoms in total. The molecule has 0 aromatic heterocycles. The predicted molar refractivity (Wildman–Crippen MR) is 82.8 cm³/mol. The van der Waals surface area contributed by atoms with E-state index < -0.39 is 0 Å². The number of unbranched alkanes of at least 4 members (excludes halogenated alkanes) is 1. The van der Waals surface area contributed by atoms with Crippen LogP contribution in [0, 0.1) is 0 Å². The molecule has 0 saturated carbocycles. The summed E-state index contributed by atoms with van der Waals surface area (Å²) in [4.78, 5) is 11.3. The van der Waals surface area contributed by atoms with Gasteiger partial charge in [-0.3, -0.25) is 0 Å². The second kappa shape index (κ2) is 8.63. The Hall–Kier alpha value is -1.61. The maximum absolute atomic E-state index is 11.3. The van der Waals surface area contributed by atoms with Gasteiger partial charge in [-0.15, -0.1) is 0 Å². The van der Waals surface area contributed by atoms with Crippen molar-refractivity contribution in [2.24, 2.45) is 0 Å². The fourth-order valence-electron chi connectivity index (χ4n) is 2.49. The highest BCUT2D eigenvalue weighted by Gasteiger charge is 2.21.